The van der Waals surface area contributed by atoms with E-state index in [4.69, 9.17) is 0 Å². The molecule has 0 aliphatic rings. The van der Waals surface area contributed by atoms with Gasteiger partial charge >= 0.3 is 4.87 Å². The van der Waals surface area contributed by atoms with E-state index in [2.05, 4.69) is 5.32 Å². The molecule has 0 saturated heterocycles. The first-order valence-corrected chi connectivity index (χ1v) is 8.04. The highest BCUT2D eigenvalue weighted by molar-refractivity contribution is 7.16. The minimum Gasteiger partial charge on any atom is -0.352 e. The topological polar surface area (TPSA) is 51.1 Å². The Hall–Kier alpha value is -2.47. The summed E-state index contributed by atoms with van der Waals surface area (Å²) in [4.78, 5) is 23.8. The summed E-state index contributed by atoms with van der Waals surface area (Å²) in [5, 5.41) is 2.78. The first-order valence-electron chi connectivity index (χ1n) is 7.23. The van der Waals surface area contributed by atoms with Crippen molar-refractivity contribution >= 4 is 27.5 Å². The van der Waals surface area contributed by atoms with Crippen LogP contribution in [-0.2, 0) is 17.9 Å². The van der Waals surface area contributed by atoms with Gasteiger partial charge in [-0.3, -0.25) is 14.2 Å². The molecule has 1 aromatic heterocycles. The molecule has 3 aromatic rings. The number of nitrogens with zero attached hydrogens (tertiary/aromatic N) is 1. The second-order valence-electron chi connectivity index (χ2n) is 5.14. The smallest absolute Gasteiger partial charge is 0.308 e. The molecule has 23 heavy (non-hydrogen) atoms. The second-order valence-corrected chi connectivity index (χ2v) is 6.13. The van der Waals surface area contributed by atoms with Crippen LogP contribution in [0.5, 0.6) is 0 Å². The lowest BCUT2D eigenvalue weighted by molar-refractivity contribution is -0.121. The van der Waals surface area contributed by atoms with Crippen molar-refractivity contribution in [2.45, 2.75) is 19.5 Å². The number of hydrogen-bond donors (Lipinski definition) is 1. The quantitative estimate of drug-likeness (QED) is 0.782. The number of aryl methyl sites for hydroxylation is 1. The van der Waals surface area contributed by atoms with Gasteiger partial charge in [-0.25, -0.2) is 4.39 Å². The van der Waals surface area contributed by atoms with Gasteiger partial charge in [-0.05, 0) is 29.8 Å². The van der Waals surface area contributed by atoms with Crippen molar-refractivity contribution in [2.75, 3.05) is 0 Å². The molecule has 0 unspecified atom stereocenters. The Balaban J connectivity index is 1.59. The molecule has 0 atom stereocenters. The molecule has 0 bridgehead atoms. The van der Waals surface area contributed by atoms with Gasteiger partial charge in [0.05, 0.1) is 10.2 Å². The van der Waals surface area contributed by atoms with Crippen LogP contribution in [0.15, 0.2) is 53.3 Å². The summed E-state index contributed by atoms with van der Waals surface area (Å²) in [6, 6.07) is 13.5. The Morgan fingerprint density at radius 2 is 1.87 bits per heavy atom. The van der Waals surface area contributed by atoms with Gasteiger partial charge in [0.2, 0.25) is 5.91 Å². The lowest BCUT2D eigenvalue weighted by Gasteiger charge is -2.06. The molecule has 0 aliphatic carbocycles. The fourth-order valence-electron chi connectivity index (χ4n) is 2.33. The van der Waals surface area contributed by atoms with E-state index in [1.165, 1.54) is 23.5 Å². The Morgan fingerprint density at radius 1 is 1.13 bits per heavy atom. The maximum Gasteiger partial charge on any atom is 0.308 e. The predicted octanol–water partition coefficient (Wildman–Crippen LogP) is 2.91. The van der Waals surface area contributed by atoms with Gasteiger partial charge < -0.3 is 5.32 Å². The molecule has 2 aromatic carbocycles. The van der Waals surface area contributed by atoms with E-state index in [1.807, 2.05) is 24.3 Å². The third-order valence-corrected chi connectivity index (χ3v) is 4.50. The molecule has 6 heteroatoms. The van der Waals surface area contributed by atoms with Crippen LogP contribution in [0, 0.1) is 5.82 Å². The van der Waals surface area contributed by atoms with E-state index in [-0.39, 0.29) is 23.0 Å². The van der Waals surface area contributed by atoms with Crippen molar-refractivity contribution in [1.82, 2.24) is 9.88 Å². The number of aromatic nitrogens is 1. The minimum atomic E-state index is -0.302. The standard InChI is InChI=1S/C17H15FN2O2S/c18-13-7-5-12(6-8-13)11-19-16(21)9-10-20-14-3-1-2-4-15(14)23-17(20)22/h1-8H,9-11H2,(H,19,21). The number of para-hydroxylation sites is 1. The third kappa shape index (κ3) is 3.65. The first-order chi connectivity index (χ1) is 11.1. The zero-order valence-corrected chi connectivity index (χ0v) is 13.1. The molecule has 0 spiro atoms. The maximum absolute atomic E-state index is 12.8. The van der Waals surface area contributed by atoms with Crippen LogP contribution >= 0.6 is 11.3 Å². The van der Waals surface area contributed by atoms with Gasteiger partial charge in [0.25, 0.3) is 0 Å². The Morgan fingerprint density at radius 3 is 2.65 bits per heavy atom. The minimum absolute atomic E-state index is 0.0578. The van der Waals surface area contributed by atoms with E-state index in [0.29, 0.717) is 13.1 Å². The van der Waals surface area contributed by atoms with Gasteiger partial charge in [-0.2, -0.15) is 0 Å². The molecular formula is C17H15FN2O2S. The van der Waals surface area contributed by atoms with Crippen LogP contribution in [0.3, 0.4) is 0 Å². The summed E-state index contributed by atoms with van der Waals surface area (Å²) in [7, 11) is 0. The summed E-state index contributed by atoms with van der Waals surface area (Å²) >= 11 is 1.18. The lowest BCUT2D eigenvalue weighted by Crippen LogP contribution is -2.25. The van der Waals surface area contributed by atoms with Gasteiger partial charge in [-0.1, -0.05) is 35.6 Å². The molecule has 0 aliphatic heterocycles. The molecule has 118 valence electrons. The van der Waals surface area contributed by atoms with Gasteiger partial charge in [0.15, 0.2) is 0 Å². The number of benzene rings is 2. The SMILES string of the molecule is O=C(CCn1c(=O)sc2ccccc21)NCc1ccc(F)cc1. The number of rotatable bonds is 5. The van der Waals surface area contributed by atoms with Crippen LogP contribution in [0.25, 0.3) is 10.2 Å². The second kappa shape index (κ2) is 6.75. The number of nitrogens with one attached hydrogen (secondary N) is 1. The number of halogens is 1. The Kier molecular flexibility index (Phi) is 4.52. The fraction of sp³-hybridized carbons (Fsp3) is 0.176. The number of carbonyl (C=O) groups is 1. The van der Waals surface area contributed by atoms with E-state index in [0.717, 1.165) is 15.8 Å². The average molecular weight is 330 g/mol. The van der Waals surface area contributed by atoms with Crippen molar-refractivity contribution in [3.8, 4) is 0 Å². The fourth-order valence-corrected chi connectivity index (χ4v) is 3.25. The van der Waals surface area contributed by atoms with E-state index in [1.54, 1.807) is 16.7 Å². The lowest BCUT2D eigenvalue weighted by atomic mass is 10.2. The van der Waals surface area contributed by atoms with Gasteiger partial charge in [-0.15, -0.1) is 0 Å². The molecule has 0 fully saturated rings. The van der Waals surface area contributed by atoms with Crippen molar-refractivity contribution in [3.63, 3.8) is 0 Å². The predicted molar refractivity (Wildman–Crippen MR) is 88.9 cm³/mol. The number of hydrogen-bond acceptors (Lipinski definition) is 3. The first kappa shape index (κ1) is 15.4. The van der Waals surface area contributed by atoms with E-state index < -0.39 is 0 Å². The van der Waals surface area contributed by atoms with Crippen LogP contribution in [0.4, 0.5) is 4.39 Å². The van der Waals surface area contributed by atoms with Crippen molar-refractivity contribution in [2.24, 2.45) is 0 Å². The van der Waals surface area contributed by atoms with Crippen LogP contribution in [-0.4, -0.2) is 10.5 Å². The van der Waals surface area contributed by atoms with Gasteiger partial charge in [0, 0.05) is 19.5 Å². The molecule has 1 N–H and O–H groups in total. The summed E-state index contributed by atoms with van der Waals surface area (Å²) in [6.45, 7) is 0.691. The highest BCUT2D eigenvalue weighted by Gasteiger charge is 2.09. The molecule has 4 nitrogen and oxygen atoms in total. The molecular weight excluding hydrogens is 315 g/mol. The molecule has 0 saturated carbocycles. The molecule has 3 rings (SSSR count). The zero-order valence-electron chi connectivity index (χ0n) is 12.3. The van der Waals surface area contributed by atoms with Crippen molar-refractivity contribution < 1.29 is 9.18 Å². The highest BCUT2D eigenvalue weighted by Crippen LogP contribution is 2.16. The Bertz CT molecular complexity index is 883. The van der Waals surface area contributed by atoms with Crippen LogP contribution in [0.1, 0.15) is 12.0 Å². The third-order valence-electron chi connectivity index (χ3n) is 3.54. The summed E-state index contributed by atoms with van der Waals surface area (Å²) in [5.74, 6) is -0.444. The molecule has 1 heterocycles. The highest BCUT2D eigenvalue weighted by atomic mass is 32.1. The van der Waals surface area contributed by atoms with E-state index in [9.17, 15) is 14.0 Å². The van der Waals surface area contributed by atoms with E-state index >= 15 is 0 Å². The number of amides is 1. The largest absolute Gasteiger partial charge is 0.352 e. The summed E-state index contributed by atoms with van der Waals surface area (Å²) < 4.78 is 15.4. The molecule has 0 radical (unpaired) electrons. The average Bonchev–Trinajstić information content (AvgIpc) is 2.87. The van der Waals surface area contributed by atoms with Crippen LogP contribution in [0.2, 0.25) is 0 Å². The monoisotopic (exact) mass is 330 g/mol. The maximum atomic E-state index is 12.8. The summed E-state index contributed by atoms with van der Waals surface area (Å²) in [5.41, 5.74) is 1.69. The summed E-state index contributed by atoms with van der Waals surface area (Å²) in [6.07, 6.45) is 0.224. The normalized spacial score (nSPS) is 10.8. The molecule has 1 amide bonds. The van der Waals surface area contributed by atoms with Gasteiger partial charge in [0.1, 0.15) is 5.82 Å². The number of fused-ring (bicyclic) bond motifs is 1. The zero-order chi connectivity index (χ0) is 16.2. The van der Waals surface area contributed by atoms with Crippen molar-refractivity contribution in [3.05, 3.63) is 69.6 Å². The van der Waals surface area contributed by atoms with Crippen molar-refractivity contribution in [1.29, 1.82) is 0 Å². The number of carbonyl (C=O) groups excluding carboxylic acids is 1. The number of thiazole rings is 1. The van der Waals surface area contributed by atoms with Crippen LogP contribution < -0.4 is 10.2 Å². The Labute approximate surface area is 136 Å².